The number of hydrogen-bond donors (Lipinski definition) is 2. The Kier molecular flexibility index (Phi) is 2.59. The summed E-state index contributed by atoms with van der Waals surface area (Å²) in [5.41, 5.74) is 2.49. The zero-order valence-corrected chi connectivity index (χ0v) is 8.38. The Morgan fingerprint density at radius 2 is 1.93 bits per heavy atom. The van der Waals surface area contributed by atoms with Crippen molar-refractivity contribution >= 4 is 18.3 Å². The Labute approximate surface area is 90.4 Å². The summed E-state index contributed by atoms with van der Waals surface area (Å²) in [6.07, 6.45) is 0. The molecule has 0 atom stereocenters. The van der Waals surface area contributed by atoms with Crippen LogP contribution in [0.5, 0.6) is 0 Å². The van der Waals surface area contributed by atoms with Crippen LogP contribution >= 0.6 is 12.6 Å². The Morgan fingerprint density at radius 3 is 2.60 bits per heavy atom. The predicted octanol–water partition coefficient (Wildman–Crippen LogP) is 2.16. The van der Waals surface area contributed by atoms with Crippen LogP contribution in [-0.4, -0.2) is 11.1 Å². The summed E-state index contributed by atoms with van der Waals surface area (Å²) < 4.78 is 25.9. The van der Waals surface area contributed by atoms with Gasteiger partial charge >= 0.3 is 0 Å². The Balaban J connectivity index is 2.45. The lowest BCUT2D eigenvalue weighted by Crippen LogP contribution is -2.31. The summed E-state index contributed by atoms with van der Waals surface area (Å²) in [6.45, 7) is 0. The largest absolute Gasteiger partial charge is 0.226 e. The van der Waals surface area contributed by atoms with Crippen LogP contribution in [0.25, 0.3) is 0 Å². The molecule has 1 aromatic carbocycles. The van der Waals surface area contributed by atoms with E-state index in [9.17, 15) is 8.87 Å². The molecule has 2 rings (SSSR count). The number of hydrazone groups is 1. The van der Waals surface area contributed by atoms with E-state index in [2.05, 4.69) is 17.7 Å². The lowest BCUT2D eigenvalue weighted by atomic mass is 10.1. The Hall–Kier alpha value is -1.56. The number of benzene rings is 1. The van der Waals surface area contributed by atoms with E-state index in [0.29, 0.717) is 5.56 Å². The third-order valence-corrected chi connectivity index (χ3v) is 2.27. The first kappa shape index (κ1) is 9.97. The number of thiol groups is 1. The van der Waals surface area contributed by atoms with Crippen LogP contribution in [-0.2, 0) is 0 Å². The van der Waals surface area contributed by atoms with Crippen molar-refractivity contribution in [1.29, 1.82) is 0 Å². The molecule has 0 spiro atoms. The molecule has 3 nitrogen and oxygen atoms in total. The molecule has 1 aliphatic heterocycles. The fourth-order valence-corrected chi connectivity index (χ4v) is 1.41. The van der Waals surface area contributed by atoms with Gasteiger partial charge in [-0.3, -0.25) is 0 Å². The summed E-state index contributed by atoms with van der Waals surface area (Å²) in [5, 5.41) is 3.30. The topological polar surface area (TPSA) is 27.6 Å². The molecule has 0 bridgehead atoms. The first-order valence-electron chi connectivity index (χ1n) is 4.14. The summed E-state index contributed by atoms with van der Waals surface area (Å²) in [5.74, 6) is -0.866. The third-order valence-electron chi connectivity index (χ3n) is 1.86. The van der Waals surface area contributed by atoms with Gasteiger partial charge in [0.2, 0.25) is 5.95 Å². The number of hydrazine groups is 1. The van der Waals surface area contributed by atoms with Crippen LogP contribution in [0.15, 0.2) is 46.3 Å². The SMILES string of the molecule is FC1=C(S)C(c2ccccc2)=NN(F)N1. The van der Waals surface area contributed by atoms with Gasteiger partial charge in [-0.1, -0.05) is 34.8 Å². The van der Waals surface area contributed by atoms with Gasteiger partial charge in [-0.25, -0.2) is 5.43 Å². The van der Waals surface area contributed by atoms with E-state index in [-0.39, 0.29) is 16.0 Å². The highest BCUT2D eigenvalue weighted by Gasteiger charge is 2.20. The maximum absolute atomic E-state index is 13.1. The van der Waals surface area contributed by atoms with Crippen LogP contribution in [0.3, 0.4) is 0 Å². The average molecular weight is 227 g/mol. The summed E-state index contributed by atoms with van der Waals surface area (Å²) in [4.78, 5) is -0.0184. The van der Waals surface area contributed by atoms with E-state index < -0.39 is 5.95 Å². The van der Waals surface area contributed by atoms with Crippen LogP contribution < -0.4 is 5.43 Å². The molecule has 0 fully saturated rings. The highest BCUT2D eigenvalue weighted by molar-refractivity contribution is 7.85. The van der Waals surface area contributed by atoms with Gasteiger partial charge in [0.15, 0.2) is 0 Å². The second kappa shape index (κ2) is 3.90. The first-order valence-corrected chi connectivity index (χ1v) is 4.59. The van der Waals surface area contributed by atoms with E-state index in [1.165, 1.54) is 0 Å². The number of nitrogens with one attached hydrogen (secondary N) is 1. The van der Waals surface area contributed by atoms with Crippen molar-refractivity contribution in [3.8, 4) is 0 Å². The molecule has 15 heavy (non-hydrogen) atoms. The molecule has 0 amide bonds. The molecule has 0 unspecified atom stereocenters. The zero-order valence-electron chi connectivity index (χ0n) is 7.48. The molecule has 0 aromatic heterocycles. The minimum absolute atomic E-state index is 0.0184. The van der Waals surface area contributed by atoms with Crippen molar-refractivity contribution in [2.75, 3.05) is 0 Å². The highest BCUT2D eigenvalue weighted by atomic mass is 32.1. The van der Waals surface area contributed by atoms with Crippen molar-refractivity contribution in [1.82, 2.24) is 10.8 Å². The molecular formula is C9H7F2N3S. The molecule has 1 N–H and O–H groups in total. The van der Waals surface area contributed by atoms with Gasteiger partial charge in [0.25, 0.3) is 0 Å². The Bertz CT molecular complexity index is 430. The van der Waals surface area contributed by atoms with Crippen LogP contribution in [0.1, 0.15) is 5.56 Å². The average Bonchev–Trinajstić information content (AvgIpc) is 2.24. The van der Waals surface area contributed by atoms with E-state index in [0.717, 1.165) is 0 Å². The first-order chi connectivity index (χ1) is 7.18. The molecule has 0 saturated heterocycles. The fourth-order valence-electron chi connectivity index (χ4n) is 1.19. The second-order valence-corrected chi connectivity index (χ2v) is 3.30. The molecule has 0 saturated carbocycles. The smallest absolute Gasteiger partial charge is 0.224 e. The lowest BCUT2D eigenvalue weighted by Gasteiger charge is -2.18. The van der Waals surface area contributed by atoms with Gasteiger partial charge < -0.3 is 0 Å². The summed E-state index contributed by atoms with van der Waals surface area (Å²) in [7, 11) is 0. The number of hydrogen-bond acceptors (Lipinski definition) is 4. The van der Waals surface area contributed by atoms with Gasteiger partial charge in [-0.2, -0.15) is 4.39 Å². The number of nitrogens with zero attached hydrogens (tertiary/aromatic N) is 2. The standard InChI is InChI=1S/C9H7F2N3S/c10-9-8(15)7(12-14(11)13-9)6-4-2-1-3-5-6/h1-5,13,15H. The third kappa shape index (κ3) is 1.94. The van der Waals surface area contributed by atoms with Crippen molar-refractivity contribution in [2.24, 2.45) is 5.10 Å². The fraction of sp³-hybridized carbons (Fsp3) is 0. The molecular weight excluding hydrogens is 220 g/mol. The van der Waals surface area contributed by atoms with Crippen molar-refractivity contribution < 1.29 is 8.87 Å². The molecule has 0 aliphatic carbocycles. The van der Waals surface area contributed by atoms with Crippen molar-refractivity contribution in [2.45, 2.75) is 0 Å². The Morgan fingerprint density at radius 1 is 1.27 bits per heavy atom. The van der Waals surface area contributed by atoms with Crippen LogP contribution in [0, 0.1) is 0 Å². The van der Waals surface area contributed by atoms with Crippen LogP contribution in [0.4, 0.5) is 8.87 Å². The number of allylic oxidation sites excluding steroid dienone is 1. The van der Waals surface area contributed by atoms with Gasteiger partial charge in [-0.05, 0) is 5.34 Å². The monoisotopic (exact) mass is 227 g/mol. The molecule has 6 heteroatoms. The molecule has 0 radical (unpaired) electrons. The second-order valence-electron chi connectivity index (χ2n) is 2.85. The predicted molar refractivity (Wildman–Crippen MR) is 56.2 cm³/mol. The number of halogens is 2. The molecule has 1 aliphatic rings. The maximum atomic E-state index is 13.1. The van der Waals surface area contributed by atoms with Gasteiger partial charge in [0, 0.05) is 5.56 Å². The quantitative estimate of drug-likeness (QED) is 0.437. The molecule has 1 heterocycles. The van der Waals surface area contributed by atoms with E-state index in [1.807, 2.05) is 0 Å². The minimum Gasteiger partial charge on any atom is -0.226 e. The maximum Gasteiger partial charge on any atom is 0.224 e. The summed E-state index contributed by atoms with van der Waals surface area (Å²) in [6, 6.07) is 8.70. The van der Waals surface area contributed by atoms with E-state index in [1.54, 1.807) is 35.8 Å². The van der Waals surface area contributed by atoms with Gasteiger partial charge in [0.05, 0.1) is 4.91 Å². The lowest BCUT2D eigenvalue weighted by molar-refractivity contribution is -0.0276. The van der Waals surface area contributed by atoms with E-state index in [4.69, 9.17) is 0 Å². The molecule has 1 aromatic rings. The minimum atomic E-state index is -0.866. The zero-order chi connectivity index (χ0) is 10.8. The van der Waals surface area contributed by atoms with Gasteiger partial charge in [0.1, 0.15) is 5.71 Å². The summed E-state index contributed by atoms with van der Waals surface area (Å²) >= 11 is 3.92. The normalized spacial score (nSPS) is 16.2. The van der Waals surface area contributed by atoms with Crippen molar-refractivity contribution in [3.63, 3.8) is 0 Å². The van der Waals surface area contributed by atoms with Gasteiger partial charge in [-0.15, -0.1) is 17.7 Å². The van der Waals surface area contributed by atoms with Crippen LogP contribution in [0.2, 0.25) is 0 Å². The van der Waals surface area contributed by atoms with Crippen molar-refractivity contribution in [3.05, 3.63) is 46.8 Å². The highest BCUT2D eigenvalue weighted by Crippen LogP contribution is 2.21. The number of rotatable bonds is 1. The van der Waals surface area contributed by atoms with E-state index >= 15 is 0 Å². The molecule has 78 valence electrons.